The lowest BCUT2D eigenvalue weighted by atomic mass is 10.4. The minimum Gasteiger partial charge on any atom is -0.359 e. The van der Waals surface area contributed by atoms with Crippen LogP contribution in [0.25, 0.3) is 0 Å². The van der Waals surface area contributed by atoms with Crippen molar-refractivity contribution in [3.05, 3.63) is 30.3 Å². The Morgan fingerprint density at radius 3 is 1.47 bits per heavy atom. The SMILES string of the molecule is CC1(S(c2ccccc2)(C2(C)CO2)C2(C)CO2)CO1. The van der Waals surface area contributed by atoms with Crippen LogP contribution >= 0.6 is 10.0 Å². The van der Waals surface area contributed by atoms with Crippen LogP contribution in [-0.4, -0.2) is 34.6 Å². The van der Waals surface area contributed by atoms with Gasteiger partial charge in [-0.05, 0) is 37.8 Å². The van der Waals surface area contributed by atoms with E-state index in [9.17, 15) is 0 Å². The van der Waals surface area contributed by atoms with E-state index in [0.29, 0.717) is 0 Å². The Morgan fingerprint density at radius 1 is 0.789 bits per heavy atom. The fourth-order valence-electron chi connectivity index (χ4n) is 3.58. The van der Waals surface area contributed by atoms with Gasteiger partial charge in [-0.3, -0.25) is 0 Å². The van der Waals surface area contributed by atoms with Gasteiger partial charge in [-0.2, -0.15) is 0 Å². The summed E-state index contributed by atoms with van der Waals surface area (Å²) in [6.07, 6.45) is 0. The van der Waals surface area contributed by atoms with Gasteiger partial charge in [0, 0.05) is 0 Å². The van der Waals surface area contributed by atoms with Gasteiger partial charge < -0.3 is 14.2 Å². The molecule has 104 valence electrons. The lowest BCUT2D eigenvalue weighted by Gasteiger charge is -2.50. The van der Waals surface area contributed by atoms with E-state index in [1.807, 2.05) is 0 Å². The molecule has 3 unspecified atom stereocenters. The molecule has 3 heterocycles. The molecule has 19 heavy (non-hydrogen) atoms. The molecular weight excluding hydrogens is 260 g/mol. The Kier molecular flexibility index (Phi) is 2.16. The summed E-state index contributed by atoms with van der Waals surface area (Å²) in [6, 6.07) is 10.7. The van der Waals surface area contributed by atoms with Crippen molar-refractivity contribution in [1.29, 1.82) is 0 Å². The highest BCUT2D eigenvalue weighted by molar-refractivity contribution is 8.37. The van der Waals surface area contributed by atoms with E-state index in [1.54, 1.807) is 0 Å². The lowest BCUT2D eigenvalue weighted by molar-refractivity contribution is 0.347. The van der Waals surface area contributed by atoms with Crippen molar-refractivity contribution < 1.29 is 14.2 Å². The first-order valence-electron chi connectivity index (χ1n) is 6.77. The monoisotopic (exact) mass is 280 g/mol. The Bertz CT molecular complexity index is 470. The van der Waals surface area contributed by atoms with Crippen LogP contribution in [0, 0.1) is 0 Å². The zero-order valence-electron chi connectivity index (χ0n) is 11.6. The summed E-state index contributed by atoms with van der Waals surface area (Å²) >= 11 is 0. The molecule has 1 aromatic rings. The molecule has 4 heteroatoms. The van der Waals surface area contributed by atoms with Gasteiger partial charge in [0.05, 0.1) is 19.8 Å². The van der Waals surface area contributed by atoms with Gasteiger partial charge in [-0.1, -0.05) is 18.2 Å². The third-order valence-electron chi connectivity index (χ3n) is 4.69. The Hall–Kier alpha value is -0.550. The van der Waals surface area contributed by atoms with E-state index in [2.05, 4.69) is 51.1 Å². The van der Waals surface area contributed by atoms with E-state index < -0.39 is 10.0 Å². The fraction of sp³-hybridized carbons (Fsp3) is 0.600. The van der Waals surface area contributed by atoms with Gasteiger partial charge in [0.15, 0.2) is 0 Å². The van der Waals surface area contributed by atoms with Crippen LogP contribution in [0.1, 0.15) is 20.8 Å². The number of rotatable bonds is 4. The molecule has 3 aliphatic heterocycles. The lowest BCUT2D eigenvalue weighted by Crippen LogP contribution is -2.39. The number of benzene rings is 1. The second-order valence-electron chi connectivity index (χ2n) is 6.19. The highest BCUT2D eigenvalue weighted by Gasteiger charge is 2.78. The second kappa shape index (κ2) is 3.37. The quantitative estimate of drug-likeness (QED) is 0.795. The van der Waals surface area contributed by atoms with Crippen molar-refractivity contribution in [2.45, 2.75) is 40.5 Å². The Balaban J connectivity index is 1.97. The van der Waals surface area contributed by atoms with E-state index in [0.717, 1.165) is 19.8 Å². The Morgan fingerprint density at radius 2 is 1.16 bits per heavy atom. The van der Waals surface area contributed by atoms with E-state index in [1.165, 1.54) is 4.90 Å². The molecule has 0 amide bonds. The molecule has 3 atom stereocenters. The molecule has 0 aromatic heterocycles. The normalized spacial score (nSPS) is 48.2. The summed E-state index contributed by atoms with van der Waals surface area (Å²) in [5.41, 5.74) is 0. The summed E-state index contributed by atoms with van der Waals surface area (Å²) in [7, 11) is -1.36. The van der Waals surface area contributed by atoms with Crippen molar-refractivity contribution in [2.75, 3.05) is 19.8 Å². The predicted octanol–water partition coefficient (Wildman–Crippen LogP) is 3.09. The van der Waals surface area contributed by atoms with Gasteiger partial charge in [0.25, 0.3) is 0 Å². The number of hydrogen-bond acceptors (Lipinski definition) is 3. The van der Waals surface area contributed by atoms with Crippen LogP contribution in [0.5, 0.6) is 0 Å². The van der Waals surface area contributed by atoms with Gasteiger partial charge >= 0.3 is 0 Å². The van der Waals surface area contributed by atoms with Crippen molar-refractivity contribution >= 4 is 10.0 Å². The predicted molar refractivity (Wildman–Crippen MR) is 75.4 cm³/mol. The maximum absolute atomic E-state index is 5.93. The molecule has 4 rings (SSSR count). The fourth-order valence-corrected chi connectivity index (χ4v) is 9.62. The van der Waals surface area contributed by atoms with Gasteiger partial charge in [0.1, 0.15) is 14.8 Å². The average Bonchev–Trinajstić information content (AvgIpc) is 3.29. The maximum Gasteiger partial charge on any atom is 0.128 e. The standard InChI is InChI=1S/C15H20O3S/c1-13(9-16-13)19(14(2)10-17-14,15(3)11-18-15)12-7-5-4-6-8-12/h4-8H,9-11H2,1-3H3. The van der Waals surface area contributed by atoms with Gasteiger partial charge in [-0.15, -0.1) is 10.0 Å². The topological polar surface area (TPSA) is 37.6 Å². The van der Waals surface area contributed by atoms with E-state index >= 15 is 0 Å². The van der Waals surface area contributed by atoms with Crippen LogP contribution in [0.4, 0.5) is 0 Å². The first-order valence-corrected chi connectivity index (χ1v) is 8.40. The minimum atomic E-state index is -1.36. The number of ether oxygens (including phenoxy) is 3. The minimum absolute atomic E-state index is 0.106. The highest BCUT2D eigenvalue weighted by atomic mass is 32.3. The van der Waals surface area contributed by atoms with Gasteiger partial charge in [-0.25, -0.2) is 0 Å². The average molecular weight is 280 g/mol. The molecule has 3 nitrogen and oxygen atoms in total. The molecule has 0 spiro atoms. The summed E-state index contributed by atoms with van der Waals surface area (Å²) < 4.78 is 17.8. The molecule has 1 aromatic carbocycles. The number of epoxide rings is 3. The van der Waals surface area contributed by atoms with Crippen LogP contribution in [-0.2, 0) is 14.2 Å². The molecule has 0 bridgehead atoms. The molecule has 0 saturated carbocycles. The largest absolute Gasteiger partial charge is 0.359 e. The third-order valence-corrected chi connectivity index (χ3v) is 10.3. The summed E-state index contributed by atoms with van der Waals surface area (Å²) in [5.74, 6) is 0. The van der Waals surface area contributed by atoms with Crippen LogP contribution < -0.4 is 0 Å². The Labute approximate surface area is 115 Å². The van der Waals surface area contributed by atoms with Crippen LogP contribution in [0.15, 0.2) is 35.2 Å². The first kappa shape index (κ1) is 12.2. The molecule has 0 N–H and O–H groups in total. The van der Waals surface area contributed by atoms with Crippen molar-refractivity contribution in [2.24, 2.45) is 0 Å². The third kappa shape index (κ3) is 1.35. The molecule has 0 aliphatic carbocycles. The molecule has 3 fully saturated rings. The molecule has 3 saturated heterocycles. The maximum atomic E-state index is 5.93. The highest BCUT2D eigenvalue weighted by Crippen LogP contribution is 2.88. The van der Waals surface area contributed by atoms with Crippen molar-refractivity contribution in [3.8, 4) is 0 Å². The zero-order valence-corrected chi connectivity index (χ0v) is 12.5. The second-order valence-corrected chi connectivity index (χ2v) is 10.5. The molecule has 0 radical (unpaired) electrons. The molecular formula is C15H20O3S. The van der Waals surface area contributed by atoms with Gasteiger partial charge in [0.2, 0.25) is 0 Å². The van der Waals surface area contributed by atoms with Crippen LogP contribution in [0.2, 0.25) is 0 Å². The van der Waals surface area contributed by atoms with E-state index in [-0.39, 0.29) is 14.8 Å². The van der Waals surface area contributed by atoms with Crippen molar-refractivity contribution in [1.82, 2.24) is 0 Å². The van der Waals surface area contributed by atoms with E-state index in [4.69, 9.17) is 14.2 Å². The smallest absolute Gasteiger partial charge is 0.128 e. The zero-order chi connectivity index (χ0) is 13.4. The van der Waals surface area contributed by atoms with Crippen molar-refractivity contribution in [3.63, 3.8) is 0 Å². The summed E-state index contributed by atoms with van der Waals surface area (Å²) in [6.45, 7) is 9.14. The van der Waals surface area contributed by atoms with Crippen LogP contribution in [0.3, 0.4) is 0 Å². The first-order chi connectivity index (χ1) is 8.98. The summed E-state index contributed by atoms with van der Waals surface area (Å²) in [4.78, 5) is 1.04. The summed E-state index contributed by atoms with van der Waals surface area (Å²) in [5, 5.41) is 0. The molecule has 3 aliphatic rings. The number of hydrogen-bond donors (Lipinski definition) is 0.